The van der Waals surface area contributed by atoms with Gasteiger partial charge in [0.15, 0.2) is 5.41 Å². The van der Waals surface area contributed by atoms with Gasteiger partial charge in [0.05, 0.1) is 12.0 Å². The van der Waals surface area contributed by atoms with Crippen LogP contribution in [0.4, 0.5) is 18.0 Å². The number of urea groups is 1. The molecule has 2 unspecified atom stereocenters. The molecule has 6 nitrogen and oxygen atoms in total. The van der Waals surface area contributed by atoms with Gasteiger partial charge in [-0.3, -0.25) is 4.79 Å². The molecule has 0 spiro atoms. The average Bonchev–Trinajstić information content (AvgIpc) is 2.83. The summed E-state index contributed by atoms with van der Waals surface area (Å²) >= 11 is 0. The number of nitrogens with zero attached hydrogens (tertiary/aromatic N) is 3. The molecule has 2 amide bonds. The fraction of sp³-hybridized carbons (Fsp3) is 0.750. The van der Waals surface area contributed by atoms with E-state index in [1.807, 2.05) is 6.07 Å². The summed E-state index contributed by atoms with van der Waals surface area (Å²) in [6, 6.07) is 1.21. The molecule has 1 heterocycles. The van der Waals surface area contributed by atoms with Gasteiger partial charge in [-0.2, -0.15) is 18.4 Å². The van der Waals surface area contributed by atoms with E-state index in [9.17, 15) is 22.8 Å². The average molecular weight is 307 g/mol. The quantitative estimate of drug-likeness (QED) is 0.857. The van der Waals surface area contributed by atoms with Crippen LogP contribution in [0.2, 0.25) is 0 Å². The minimum Gasteiger partial charge on any atom is -0.481 e. The Morgan fingerprint density at radius 1 is 1.52 bits per heavy atom. The molecule has 118 valence electrons. The molecule has 1 N–H and O–H groups in total. The molecule has 0 radical (unpaired) electrons. The Hall–Kier alpha value is -1.98. The number of alkyl halides is 3. The summed E-state index contributed by atoms with van der Waals surface area (Å²) in [7, 11) is 1.37. The van der Waals surface area contributed by atoms with E-state index in [2.05, 4.69) is 0 Å². The summed E-state index contributed by atoms with van der Waals surface area (Å²) in [6.07, 6.45) is -5.59. The molecule has 9 heteroatoms. The van der Waals surface area contributed by atoms with E-state index in [0.717, 1.165) is 9.80 Å². The molecule has 0 bridgehead atoms. The van der Waals surface area contributed by atoms with Crippen LogP contribution in [-0.4, -0.2) is 59.8 Å². The smallest absolute Gasteiger partial charge is 0.406 e. The Morgan fingerprint density at radius 2 is 2.10 bits per heavy atom. The number of carbonyl (C=O) groups excluding carboxylic acids is 1. The number of aliphatic carboxylic acids is 1. The third-order valence-corrected chi connectivity index (χ3v) is 3.59. The molecule has 1 aliphatic heterocycles. The first-order chi connectivity index (χ1) is 9.55. The van der Waals surface area contributed by atoms with Gasteiger partial charge in [0.2, 0.25) is 0 Å². The van der Waals surface area contributed by atoms with Crippen molar-refractivity contribution < 1.29 is 27.9 Å². The fourth-order valence-corrected chi connectivity index (χ4v) is 2.27. The van der Waals surface area contributed by atoms with Gasteiger partial charge in [-0.05, 0) is 13.3 Å². The first-order valence-corrected chi connectivity index (χ1v) is 6.25. The molecule has 0 aliphatic carbocycles. The van der Waals surface area contributed by atoms with E-state index in [-0.39, 0.29) is 13.1 Å². The van der Waals surface area contributed by atoms with Gasteiger partial charge < -0.3 is 14.9 Å². The van der Waals surface area contributed by atoms with Crippen molar-refractivity contribution in [3.05, 3.63) is 0 Å². The van der Waals surface area contributed by atoms with Crippen LogP contribution in [0.5, 0.6) is 0 Å². The van der Waals surface area contributed by atoms with Crippen molar-refractivity contribution in [1.82, 2.24) is 9.80 Å². The summed E-state index contributed by atoms with van der Waals surface area (Å²) in [5.41, 5.74) is -2.91. The topological polar surface area (TPSA) is 84.6 Å². The predicted molar refractivity (Wildman–Crippen MR) is 65.1 cm³/mol. The molecular formula is C12H16F3N3O3. The molecule has 1 fully saturated rings. The minimum atomic E-state index is -4.92. The van der Waals surface area contributed by atoms with E-state index >= 15 is 0 Å². The molecule has 1 saturated heterocycles. The zero-order valence-corrected chi connectivity index (χ0v) is 11.6. The highest BCUT2D eigenvalue weighted by Crippen LogP contribution is 2.45. The van der Waals surface area contributed by atoms with Crippen molar-refractivity contribution in [3.8, 4) is 6.07 Å². The normalized spacial score (nSPS) is 23.5. The third-order valence-electron chi connectivity index (χ3n) is 3.59. The second-order valence-corrected chi connectivity index (χ2v) is 5.25. The molecule has 1 aliphatic rings. The number of carboxylic acid groups (broad SMARTS) is 1. The monoisotopic (exact) mass is 307 g/mol. The predicted octanol–water partition coefficient (Wildman–Crippen LogP) is 1.54. The number of carbonyl (C=O) groups is 2. The van der Waals surface area contributed by atoms with E-state index in [4.69, 9.17) is 10.4 Å². The summed E-state index contributed by atoms with van der Waals surface area (Å²) < 4.78 is 39.0. The van der Waals surface area contributed by atoms with Crippen molar-refractivity contribution in [3.63, 3.8) is 0 Å². The molecule has 0 saturated carbocycles. The second kappa shape index (κ2) is 5.79. The number of carboxylic acids is 1. The maximum Gasteiger partial charge on any atom is 0.406 e. The standard InChI is InChI=1S/C12H16F3N3O3/c1-8(5-16)6-17(2)10(21)18-4-3-11(7-18,9(19)20)12(13,14)15/h8H,3-4,6-7H2,1-2H3,(H,19,20). The first-order valence-electron chi connectivity index (χ1n) is 6.25. The molecule has 0 aromatic heterocycles. The highest BCUT2D eigenvalue weighted by atomic mass is 19.4. The fourth-order valence-electron chi connectivity index (χ4n) is 2.27. The van der Waals surface area contributed by atoms with Crippen molar-refractivity contribution in [1.29, 1.82) is 5.26 Å². The molecule has 2 atom stereocenters. The van der Waals surface area contributed by atoms with Crippen LogP contribution in [-0.2, 0) is 4.79 Å². The van der Waals surface area contributed by atoms with E-state index in [1.165, 1.54) is 7.05 Å². The number of hydrogen-bond acceptors (Lipinski definition) is 3. The number of hydrogen-bond donors (Lipinski definition) is 1. The summed E-state index contributed by atoms with van der Waals surface area (Å²) in [6.45, 7) is 0.453. The molecule has 0 aromatic rings. The second-order valence-electron chi connectivity index (χ2n) is 5.25. The number of amides is 2. The van der Waals surface area contributed by atoms with Gasteiger partial charge in [0.25, 0.3) is 0 Å². The maximum absolute atomic E-state index is 13.0. The zero-order chi connectivity index (χ0) is 16.4. The van der Waals surface area contributed by atoms with Gasteiger partial charge in [-0.15, -0.1) is 0 Å². The Bertz CT molecular complexity index is 475. The van der Waals surface area contributed by atoms with Crippen LogP contribution >= 0.6 is 0 Å². The Kier molecular flexibility index (Phi) is 4.71. The van der Waals surface area contributed by atoms with Crippen LogP contribution in [0.1, 0.15) is 13.3 Å². The lowest BCUT2D eigenvalue weighted by Crippen LogP contribution is -2.49. The molecule has 21 heavy (non-hydrogen) atoms. The SMILES string of the molecule is CC(C#N)CN(C)C(=O)N1CCC(C(=O)O)(C(F)(F)F)C1. The lowest BCUT2D eigenvalue weighted by Gasteiger charge is -2.29. The first kappa shape index (κ1) is 17.1. The summed E-state index contributed by atoms with van der Waals surface area (Å²) in [5.74, 6) is -2.44. The highest BCUT2D eigenvalue weighted by Gasteiger charge is 2.64. The number of rotatable bonds is 3. The van der Waals surface area contributed by atoms with Gasteiger partial charge in [0.1, 0.15) is 0 Å². The van der Waals surface area contributed by atoms with E-state index < -0.39 is 42.5 Å². The van der Waals surface area contributed by atoms with E-state index in [0.29, 0.717) is 0 Å². The van der Waals surface area contributed by atoms with Gasteiger partial charge in [-0.25, -0.2) is 4.79 Å². The number of likely N-dealkylation sites (tertiary alicyclic amines) is 1. The molecule has 0 aromatic carbocycles. The van der Waals surface area contributed by atoms with Crippen molar-refractivity contribution >= 4 is 12.0 Å². The Labute approximate surface area is 119 Å². The van der Waals surface area contributed by atoms with Gasteiger partial charge >= 0.3 is 18.2 Å². The van der Waals surface area contributed by atoms with Crippen LogP contribution in [0.3, 0.4) is 0 Å². The van der Waals surface area contributed by atoms with Crippen LogP contribution in [0.25, 0.3) is 0 Å². The zero-order valence-electron chi connectivity index (χ0n) is 11.6. The van der Waals surface area contributed by atoms with Crippen molar-refractivity contribution in [2.75, 3.05) is 26.7 Å². The van der Waals surface area contributed by atoms with Crippen LogP contribution in [0.15, 0.2) is 0 Å². The molecule has 1 rings (SSSR count). The largest absolute Gasteiger partial charge is 0.481 e. The summed E-state index contributed by atoms with van der Waals surface area (Å²) in [5, 5.41) is 17.6. The van der Waals surface area contributed by atoms with Crippen LogP contribution < -0.4 is 0 Å². The van der Waals surface area contributed by atoms with Gasteiger partial charge in [-0.1, -0.05) is 0 Å². The minimum absolute atomic E-state index is 0.0674. The van der Waals surface area contributed by atoms with Crippen molar-refractivity contribution in [2.45, 2.75) is 19.5 Å². The van der Waals surface area contributed by atoms with Gasteiger partial charge in [0, 0.05) is 26.7 Å². The summed E-state index contributed by atoms with van der Waals surface area (Å²) in [4.78, 5) is 25.0. The lowest BCUT2D eigenvalue weighted by molar-refractivity contribution is -0.227. The Morgan fingerprint density at radius 3 is 2.48 bits per heavy atom. The highest BCUT2D eigenvalue weighted by molar-refractivity contribution is 5.80. The maximum atomic E-state index is 13.0. The molecular weight excluding hydrogens is 291 g/mol. The van der Waals surface area contributed by atoms with Crippen molar-refractivity contribution in [2.24, 2.45) is 11.3 Å². The third kappa shape index (κ3) is 3.20. The number of halogens is 3. The lowest BCUT2D eigenvalue weighted by atomic mass is 9.86. The number of nitriles is 1. The Balaban J connectivity index is 2.84. The van der Waals surface area contributed by atoms with E-state index in [1.54, 1.807) is 6.92 Å². The van der Waals surface area contributed by atoms with Crippen LogP contribution in [0, 0.1) is 22.7 Å².